The van der Waals surface area contributed by atoms with Crippen LogP contribution in [0.5, 0.6) is 0 Å². The summed E-state index contributed by atoms with van der Waals surface area (Å²) in [5, 5.41) is 10.0. The average Bonchev–Trinajstić information content (AvgIpc) is 2.25. The van der Waals surface area contributed by atoms with Crippen molar-refractivity contribution in [3.63, 3.8) is 0 Å². The largest absolute Gasteiger partial charge is 0.459 e. The molecule has 1 N–H and O–H groups in total. The molecule has 94 valence electrons. The summed E-state index contributed by atoms with van der Waals surface area (Å²) < 4.78 is 11.0. The highest BCUT2D eigenvalue weighted by Gasteiger charge is 2.43. The Hall–Kier alpha value is -0.610. The lowest BCUT2D eigenvalue weighted by Crippen LogP contribution is -2.54. The van der Waals surface area contributed by atoms with E-state index in [1.165, 1.54) is 6.92 Å². The molecule has 0 aromatic heterocycles. The van der Waals surface area contributed by atoms with Gasteiger partial charge in [-0.1, -0.05) is 20.8 Å². The van der Waals surface area contributed by atoms with E-state index in [-0.39, 0.29) is 30.2 Å². The standard InChI is InChI=1S/C12H22O4/c1-5-9-11(14)7(3)12(15-8(4)13)10(6-2)16-9/h7,9-12,14H,5-6H2,1-4H3. The van der Waals surface area contributed by atoms with Crippen molar-refractivity contribution in [1.29, 1.82) is 0 Å². The molecule has 0 bridgehead atoms. The van der Waals surface area contributed by atoms with Crippen LogP contribution in [0.3, 0.4) is 0 Å². The quantitative estimate of drug-likeness (QED) is 0.746. The second kappa shape index (κ2) is 5.64. The fourth-order valence-corrected chi connectivity index (χ4v) is 2.30. The molecule has 1 aliphatic heterocycles. The molecule has 1 rings (SSSR count). The average molecular weight is 230 g/mol. The zero-order chi connectivity index (χ0) is 12.3. The predicted octanol–water partition coefficient (Wildman–Crippen LogP) is 1.50. The molecule has 16 heavy (non-hydrogen) atoms. The van der Waals surface area contributed by atoms with Gasteiger partial charge in [0, 0.05) is 12.8 Å². The molecule has 1 fully saturated rings. The number of carbonyl (C=O) groups excluding carboxylic acids is 1. The smallest absolute Gasteiger partial charge is 0.303 e. The van der Waals surface area contributed by atoms with E-state index >= 15 is 0 Å². The third-order valence-electron chi connectivity index (χ3n) is 3.26. The van der Waals surface area contributed by atoms with Crippen LogP contribution in [0.15, 0.2) is 0 Å². The maximum absolute atomic E-state index is 11.0. The topological polar surface area (TPSA) is 55.8 Å². The zero-order valence-corrected chi connectivity index (χ0v) is 10.5. The van der Waals surface area contributed by atoms with E-state index in [1.54, 1.807) is 0 Å². The summed E-state index contributed by atoms with van der Waals surface area (Å²) in [7, 11) is 0. The van der Waals surface area contributed by atoms with Crippen LogP contribution in [0.4, 0.5) is 0 Å². The highest BCUT2D eigenvalue weighted by atomic mass is 16.6. The number of esters is 1. The monoisotopic (exact) mass is 230 g/mol. The van der Waals surface area contributed by atoms with Gasteiger partial charge in [0.15, 0.2) is 0 Å². The number of hydrogen-bond acceptors (Lipinski definition) is 4. The van der Waals surface area contributed by atoms with Crippen LogP contribution in [-0.2, 0) is 14.3 Å². The molecule has 0 saturated carbocycles. The minimum absolute atomic E-state index is 0.0763. The van der Waals surface area contributed by atoms with E-state index in [0.29, 0.717) is 0 Å². The van der Waals surface area contributed by atoms with Crippen LogP contribution in [0.2, 0.25) is 0 Å². The number of aliphatic hydroxyl groups is 1. The van der Waals surface area contributed by atoms with E-state index in [2.05, 4.69) is 0 Å². The third kappa shape index (κ3) is 2.74. The van der Waals surface area contributed by atoms with Gasteiger partial charge >= 0.3 is 5.97 Å². The number of rotatable bonds is 3. The number of aliphatic hydroxyl groups excluding tert-OH is 1. The SMILES string of the molecule is CCC1OC(CC)C(OC(C)=O)C(C)C1O. The van der Waals surface area contributed by atoms with Crippen molar-refractivity contribution < 1.29 is 19.4 Å². The molecule has 1 heterocycles. The summed E-state index contributed by atoms with van der Waals surface area (Å²) in [6, 6.07) is 0. The normalized spacial score (nSPS) is 39.4. The maximum Gasteiger partial charge on any atom is 0.303 e. The molecule has 0 spiro atoms. The van der Waals surface area contributed by atoms with Crippen LogP contribution in [-0.4, -0.2) is 35.5 Å². The summed E-state index contributed by atoms with van der Waals surface area (Å²) in [6.07, 6.45) is 0.414. The molecule has 5 atom stereocenters. The van der Waals surface area contributed by atoms with Gasteiger partial charge in [-0.2, -0.15) is 0 Å². The molecule has 0 aromatic carbocycles. The van der Waals surface area contributed by atoms with Gasteiger partial charge < -0.3 is 14.6 Å². The van der Waals surface area contributed by atoms with Gasteiger partial charge in [-0.25, -0.2) is 0 Å². The fraction of sp³-hybridized carbons (Fsp3) is 0.917. The highest BCUT2D eigenvalue weighted by molar-refractivity contribution is 5.66. The minimum atomic E-state index is -0.558. The molecule has 1 aliphatic rings. The molecule has 5 unspecified atom stereocenters. The molecule has 0 aromatic rings. The number of ether oxygens (including phenoxy) is 2. The Labute approximate surface area is 96.9 Å². The fourth-order valence-electron chi connectivity index (χ4n) is 2.30. The first kappa shape index (κ1) is 13.5. The van der Waals surface area contributed by atoms with Gasteiger partial charge in [0.2, 0.25) is 0 Å². The lowest BCUT2D eigenvalue weighted by molar-refractivity contribution is -0.212. The maximum atomic E-state index is 11.0. The lowest BCUT2D eigenvalue weighted by Gasteiger charge is -2.42. The van der Waals surface area contributed by atoms with E-state index in [9.17, 15) is 9.90 Å². The Bertz CT molecular complexity index is 239. The van der Waals surface area contributed by atoms with Crippen LogP contribution in [0.1, 0.15) is 40.5 Å². The van der Waals surface area contributed by atoms with E-state index in [4.69, 9.17) is 9.47 Å². The molecule has 0 aliphatic carbocycles. The van der Waals surface area contributed by atoms with Gasteiger partial charge in [0.1, 0.15) is 6.10 Å². The molecular formula is C12H22O4. The van der Waals surface area contributed by atoms with Crippen LogP contribution in [0, 0.1) is 5.92 Å². The minimum Gasteiger partial charge on any atom is -0.459 e. The first-order chi connectivity index (χ1) is 7.51. The van der Waals surface area contributed by atoms with E-state index in [0.717, 1.165) is 12.8 Å². The Kier molecular flexibility index (Phi) is 4.74. The van der Waals surface area contributed by atoms with Crippen molar-refractivity contribution in [3.05, 3.63) is 0 Å². The van der Waals surface area contributed by atoms with Gasteiger partial charge in [-0.3, -0.25) is 4.79 Å². The van der Waals surface area contributed by atoms with Crippen molar-refractivity contribution in [3.8, 4) is 0 Å². The number of hydrogen-bond donors (Lipinski definition) is 1. The van der Waals surface area contributed by atoms with Crippen LogP contribution >= 0.6 is 0 Å². The summed E-state index contributed by atoms with van der Waals surface area (Å²) in [4.78, 5) is 11.0. The van der Waals surface area contributed by atoms with Gasteiger partial charge in [0.25, 0.3) is 0 Å². The summed E-state index contributed by atoms with van der Waals surface area (Å²) in [5.41, 5.74) is 0. The number of carbonyl (C=O) groups is 1. The molecular weight excluding hydrogens is 208 g/mol. The van der Waals surface area contributed by atoms with Gasteiger partial charge in [-0.05, 0) is 12.8 Å². The molecule has 4 heteroatoms. The summed E-state index contributed by atoms with van der Waals surface area (Å²) in [5.74, 6) is -0.395. The van der Waals surface area contributed by atoms with Crippen LogP contribution < -0.4 is 0 Å². The van der Waals surface area contributed by atoms with E-state index < -0.39 is 6.10 Å². The molecule has 0 radical (unpaired) electrons. The first-order valence-corrected chi connectivity index (χ1v) is 6.01. The van der Waals surface area contributed by atoms with Gasteiger partial charge in [-0.15, -0.1) is 0 Å². The Morgan fingerprint density at radius 3 is 2.31 bits per heavy atom. The van der Waals surface area contributed by atoms with Crippen molar-refractivity contribution in [2.75, 3.05) is 0 Å². The second-order valence-corrected chi connectivity index (χ2v) is 4.45. The molecule has 4 nitrogen and oxygen atoms in total. The van der Waals surface area contributed by atoms with Crippen LogP contribution in [0.25, 0.3) is 0 Å². The Balaban J connectivity index is 2.77. The molecule has 0 amide bonds. The summed E-state index contributed by atoms with van der Waals surface area (Å²) in [6.45, 7) is 7.28. The molecule has 1 saturated heterocycles. The summed E-state index contributed by atoms with van der Waals surface area (Å²) >= 11 is 0. The second-order valence-electron chi connectivity index (χ2n) is 4.45. The first-order valence-electron chi connectivity index (χ1n) is 6.01. The van der Waals surface area contributed by atoms with E-state index in [1.807, 2.05) is 20.8 Å². The van der Waals surface area contributed by atoms with Gasteiger partial charge in [0.05, 0.1) is 18.3 Å². The van der Waals surface area contributed by atoms with Crippen molar-refractivity contribution in [2.45, 2.75) is 65.0 Å². The zero-order valence-electron chi connectivity index (χ0n) is 10.5. The highest BCUT2D eigenvalue weighted by Crippen LogP contribution is 2.31. The van der Waals surface area contributed by atoms with Crippen molar-refractivity contribution in [1.82, 2.24) is 0 Å². The predicted molar refractivity (Wildman–Crippen MR) is 60.0 cm³/mol. The van der Waals surface area contributed by atoms with Crippen molar-refractivity contribution in [2.24, 2.45) is 5.92 Å². The Morgan fingerprint density at radius 2 is 1.88 bits per heavy atom. The Morgan fingerprint density at radius 1 is 1.31 bits per heavy atom. The lowest BCUT2D eigenvalue weighted by atomic mass is 9.85. The van der Waals surface area contributed by atoms with Crippen molar-refractivity contribution >= 4 is 5.97 Å². The third-order valence-corrected chi connectivity index (χ3v) is 3.26.